The SMILES string of the molecule is Cc1ccc(CN(C(=O)CCCSc2ccc(Cl)cc2)C(Cc2ccccc2)C(=O)NC(C)(C)C)cc1. The molecule has 0 bridgehead atoms. The third kappa shape index (κ3) is 9.90. The van der Waals surface area contributed by atoms with E-state index in [1.165, 1.54) is 0 Å². The van der Waals surface area contributed by atoms with Crippen LogP contribution in [0.25, 0.3) is 0 Å². The minimum atomic E-state index is -0.612. The molecule has 196 valence electrons. The molecular formula is C31H37ClN2O2S. The Morgan fingerprint density at radius 3 is 2.19 bits per heavy atom. The molecule has 0 aliphatic carbocycles. The van der Waals surface area contributed by atoms with Gasteiger partial charge < -0.3 is 10.2 Å². The van der Waals surface area contributed by atoms with Crippen molar-refractivity contribution in [1.29, 1.82) is 0 Å². The highest BCUT2D eigenvalue weighted by molar-refractivity contribution is 7.99. The summed E-state index contributed by atoms with van der Waals surface area (Å²) < 4.78 is 0. The number of halogens is 1. The predicted molar refractivity (Wildman–Crippen MR) is 155 cm³/mol. The van der Waals surface area contributed by atoms with E-state index in [4.69, 9.17) is 11.6 Å². The van der Waals surface area contributed by atoms with Crippen LogP contribution in [-0.2, 0) is 22.6 Å². The topological polar surface area (TPSA) is 49.4 Å². The maximum atomic E-state index is 13.7. The smallest absolute Gasteiger partial charge is 0.243 e. The first-order valence-corrected chi connectivity index (χ1v) is 14.1. The third-order valence-electron chi connectivity index (χ3n) is 5.86. The van der Waals surface area contributed by atoms with E-state index >= 15 is 0 Å². The highest BCUT2D eigenvalue weighted by atomic mass is 35.5. The van der Waals surface area contributed by atoms with Crippen molar-refractivity contribution < 1.29 is 9.59 Å². The number of nitrogens with zero attached hydrogens (tertiary/aromatic N) is 1. The van der Waals surface area contributed by atoms with E-state index in [9.17, 15) is 9.59 Å². The highest BCUT2D eigenvalue weighted by Gasteiger charge is 2.32. The summed E-state index contributed by atoms with van der Waals surface area (Å²) in [6.45, 7) is 8.32. The quantitative estimate of drug-likeness (QED) is 0.210. The fourth-order valence-corrected chi connectivity index (χ4v) is 4.96. The summed E-state index contributed by atoms with van der Waals surface area (Å²) in [5.41, 5.74) is 2.79. The molecular weight excluding hydrogens is 500 g/mol. The molecule has 0 radical (unpaired) electrons. The van der Waals surface area contributed by atoms with E-state index in [-0.39, 0.29) is 11.8 Å². The molecule has 0 aliphatic heterocycles. The molecule has 1 atom stereocenters. The van der Waals surface area contributed by atoms with Crippen molar-refractivity contribution in [3.8, 4) is 0 Å². The molecule has 4 nitrogen and oxygen atoms in total. The lowest BCUT2D eigenvalue weighted by molar-refractivity contribution is -0.142. The second-order valence-corrected chi connectivity index (χ2v) is 12.0. The lowest BCUT2D eigenvalue weighted by Gasteiger charge is -2.34. The monoisotopic (exact) mass is 536 g/mol. The van der Waals surface area contributed by atoms with Gasteiger partial charge in [0.05, 0.1) is 0 Å². The predicted octanol–water partition coefficient (Wildman–Crippen LogP) is 7.08. The molecule has 0 heterocycles. The molecule has 37 heavy (non-hydrogen) atoms. The third-order valence-corrected chi connectivity index (χ3v) is 7.21. The molecule has 0 spiro atoms. The maximum absolute atomic E-state index is 13.7. The van der Waals surface area contributed by atoms with Crippen LogP contribution in [-0.4, -0.2) is 34.0 Å². The van der Waals surface area contributed by atoms with Gasteiger partial charge in [0.25, 0.3) is 0 Å². The Bertz CT molecular complexity index is 1140. The molecule has 0 saturated carbocycles. The van der Waals surface area contributed by atoms with E-state index in [2.05, 4.69) is 5.32 Å². The summed E-state index contributed by atoms with van der Waals surface area (Å²) in [6, 6.07) is 25.2. The van der Waals surface area contributed by atoms with Gasteiger partial charge in [-0.2, -0.15) is 0 Å². The summed E-state index contributed by atoms with van der Waals surface area (Å²) in [7, 11) is 0. The van der Waals surface area contributed by atoms with E-state index in [0.717, 1.165) is 33.8 Å². The number of aryl methyl sites for hydroxylation is 1. The number of hydrogen-bond acceptors (Lipinski definition) is 3. The Morgan fingerprint density at radius 1 is 0.919 bits per heavy atom. The average molecular weight is 537 g/mol. The Hall–Kier alpha value is -2.76. The van der Waals surface area contributed by atoms with Crippen LogP contribution in [0.4, 0.5) is 0 Å². The van der Waals surface area contributed by atoms with Gasteiger partial charge in [-0.15, -0.1) is 11.8 Å². The molecule has 0 saturated heterocycles. The van der Waals surface area contributed by atoms with Gasteiger partial charge >= 0.3 is 0 Å². The van der Waals surface area contributed by atoms with Crippen molar-refractivity contribution in [3.05, 3.63) is 101 Å². The number of rotatable bonds is 11. The Labute approximate surface area is 230 Å². The number of carbonyl (C=O) groups excluding carboxylic acids is 2. The Balaban J connectivity index is 1.80. The van der Waals surface area contributed by atoms with Crippen LogP contribution in [0.15, 0.2) is 83.8 Å². The van der Waals surface area contributed by atoms with E-state index < -0.39 is 11.6 Å². The lowest BCUT2D eigenvalue weighted by Crippen LogP contribution is -2.54. The summed E-state index contributed by atoms with van der Waals surface area (Å²) in [5, 5.41) is 3.83. The second kappa shape index (κ2) is 13.7. The standard InChI is InChI=1S/C31H37ClN2O2S/c1-23-12-14-25(15-13-23)22-34(29(35)11-8-20-37-27-18-16-26(32)17-19-27)28(30(36)33-31(2,3)4)21-24-9-6-5-7-10-24/h5-7,9-10,12-19,28H,8,11,20-22H2,1-4H3,(H,33,36). The summed E-state index contributed by atoms with van der Waals surface area (Å²) >= 11 is 7.69. The van der Waals surface area contributed by atoms with Gasteiger partial charge in [-0.3, -0.25) is 9.59 Å². The van der Waals surface area contributed by atoms with Gasteiger partial charge in [0.1, 0.15) is 6.04 Å². The van der Waals surface area contributed by atoms with Crippen molar-refractivity contribution in [3.63, 3.8) is 0 Å². The number of carbonyl (C=O) groups is 2. The van der Waals surface area contributed by atoms with Gasteiger partial charge in [0.2, 0.25) is 11.8 Å². The van der Waals surface area contributed by atoms with E-state index in [1.807, 2.05) is 107 Å². The molecule has 0 aromatic heterocycles. The number of thioether (sulfide) groups is 1. The van der Waals surface area contributed by atoms with E-state index in [0.29, 0.717) is 24.4 Å². The summed E-state index contributed by atoms with van der Waals surface area (Å²) in [6.07, 6.45) is 1.55. The maximum Gasteiger partial charge on any atom is 0.243 e. The lowest BCUT2D eigenvalue weighted by atomic mass is 10.00. The molecule has 3 aromatic carbocycles. The summed E-state index contributed by atoms with van der Waals surface area (Å²) in [5.74, 6) is 0.665. The van der Waals surface area contributed by atoms with Crippen molar-refractivity contribution in [1.82, 2.24) is 10.2 Å². The van der Waals surface area contributed by atoms with Crippen LogP contribution in [0, 0.1) is 6.92 Å². The molecule has 1 unspecified atom stereocenters. The minimum Gasteiger partial charge on any atom is -0.350 e. The summed E-state index contributed by atoms with van der Waals surface area (Å²) in [4.78, 5) is 30.2. The van der Waals surface area contributed by atoms with E-state index in [1.54, 1.807) is 16.7 Å². The van der Waals surface area contributed by atoms with Crippen LogP contribution in [0.1, 0.15) is 50.3 Å². The van der Waals surface area contributed by atoms with Crippen LogP contribution >= 0.6 is 23.4 Å². The van der Waals surface area contributed by atoms with Gasteiger partial charge in [-0.05, 0) is 75.3 Å². The van der Waals surface area contributed by atoms with Crippen LogP contribution in [0.2, 0.25) is 5.02 Å². The van der Waals surface area contributed by atoms with Gasteiger partial charge in [-0.1, -0.05) is 71.8 Å². The zero-order chi connectivity index (χ0) is 26.8. The van der Waals surface area contributed by atoms with Crippen molar-refractivity contribution in [2.45, 2.75) is 70.0 Å². The van der Waals surface area contributed by atoms with Crippen molar-refractivity contribution >= 4 is 35.2 Å². The van der Waals surface area contributed by atoms with Crippen molar-refractivity contribution in [2.75, 3.05) is 5.75 Å². The molecule has 3 aromatic rings. The minimum absolute atomic E-state index is 0.0118. The van der Waals surface area contributed by atoms with Gasteiger partial charge in [0, 0.05) is 34.8 Å². The molecule has 6 heteroatoms. The second-order valence-electron chi connectivity index (χ2n) is 10.4. The van der Waals surface area contributed by atoms with Gasteiger partial charge in [0.15, 0.2) is 0 Å². The fourth-order valence-electron chi connectivity index (χ4n) is 3.98. The number of amides is 2. The average Bonchev–Trinajstić information content (AvgIpc) is 2.85. The first kappa shape index (κ1) is 28.8. The Morgan fingerprint density at radius 2 is 1.57 bits per heavy atom. The van der Waals surface area contributed by atoms with Crippen LogP contribution in [0.3, 0.4) is 0 Å². The Kier molecular flexibility index (Phi) is 10.7. The molecule has 0 aliphatic rings. The molecule has 3 rings (SSSR count). The largest absolute Gasteiger partial charge is 0.350 e. The first-order chi connectivity index (χ1) is 17.6. The zero-order valence-electron chi connectivity index (χ0n) is 22.2. The van der Waals surface area contributed by atoms with Crippen LogP contribution in [0.5, 0.6) is 0 Å². The number of hydrogen-bond donors (Lipinski definition) is 1. The normalized spacial score (nSPS) is 12.1. The number of benzene rings is 3. The first-order valence-electron chi connectivity index (χ1n) is 12.7. The number of nitrogens with one attached hydrogen (secondary N) is 1. The molecule has 1 N–H and O–H groups in total. The molecule has 2 amide bonds. The highest BCUT2D eigenvalue weighted by Crippen LogP contribution is 2.23. The fraction of sp³-hybridized carbons (Fsp3) is 0.355. The molecule has 0 fully saturated rings. The van der Waals surface area contributed by atoms with Crippen LogP contribution < -0.4 is 5.32 Å². The zero-order valence-corrected chi connectivity index (χ0v) is 23.7. The van der Waals surface area contributed by atoms with Gasteiger partial charge in [-0.25, -0.2) is 0 Å². The van der Waals surface area contributed by atoms with Crippen molar-refractivity contribution in [2.24, 2.45) is 0 Å².